The second kappa shape index (κ2) is 9.53. The van der Waals surface area contributed by atoms with Crippen molar-refractivity contribution in [1.82, 2.24) is 15.1 Å². The van der Waals surface area contributed by atoms with Gasteiger partial charge in [0.2, 0.25) is 5.75 Å². The monoisotopic (exact) mass is 489 g/mol. The minimum Gasteiger partial charge on any atom is -0.493 e. The highest BCUT2D eigenvalue weighted by Gasteiger charge is 2.33. The number of nitrogens with zero attached hydrogens (tertiary/aromatic N) is 2. The average molecular weight is 490 g/mol. The second-order valence-electron chi connectivity index (χ2n) is 7.88. The van der Waals surface area contributed by atoms with E-state index in [-0.39, 0.29) is 17.9 Å². The molecule has 0 bridgehead atoms. The van der Waals surface area contributed by atoms with Crippen molar-refractivity contribution in [2.24, 2.45) is 0 Å². The smallest absolute Gasteiger partial charge is 0.255 e. The summed E-state index contributed by atoms with van der Waals surface area (Å²) in [6, 6.07) is 8.57. The predicted octanol–water partition coefficient (Wildman–Crippen LogP) is 5.57. The van der Waals surface area contributed by atoms with E-state index >= 15 is 0 Å². The first-order valence-corrected chi connectivity index (χ1v) is 11.3. The quantitative estimate of drug-likeness (QED) is 0.447. The summed E-state index contributed by atoms with van der Waals surface area (Å²) in [4.78, 5) is 13.3. The SMILES string of the molecule is COc1cc(C(C)NC(=O)c2cnn(-c3ccc(Cl)cc3Cl)c2C2CC2)cc(OC)c1OC. The van der Waals surface area contributed by atoms with Crippen LogP contribution in [-0.2, 0) is 0 Å². The Balaban J connectivity index is 1.64. The van der Waals surface area contributed by atoms with Crippen molar-refractivity contribution in [3.05, 3.63) is 63.4 Å². The molecule has 1 aromatic heterocycles. The fraction of sp³-hybridized carbons (Fsp3) is 0.333. The van der Waals surface area contributed by atoms with Crippen LogP contribution in [0.1, 0.15) is 53.3 Å². The highest BCUT2D eigenvalue weighted by molar-refractivity contribution is 6.35. The molecule has 0 saturated heterocycles. The fourth-order valence-corrected chi connectivity index (χ4v) is 4.33. The number of carbonyl (C=O) groups is 1. The molecule has 3 aromatic rings. The zero-order chi connectivity index (χ0) is 23.7. The van der Waals surface area contributed by atoms with E-state index in [4.69, 9.17) is 37.4 Å². The molecule has 2 aromatic carbocycles. The summed E-state index contributed by atoms with van der Waals surface area (Å²) in [5.74, 6) is 1.60. The molecule has 1 saturated carbocycles. The fourth-order valence-electron chi connectivity index (χ4n) is 3.84. The van der Waals surface area contributed by atoms with Crippen LogP contribution in [0.5, 0.6) is 17.2 Å². The molecule has 1 amide bonds. The maximum absolute atomic E-state index is 13.3. The molecule has 33 heavy (non-hydrogen) atoms. The molecular formula is C24H25Cl2N3O4. The van der Waals surface area contributed by atoms with Crippen LogP contribution < -0.4 is 19.5 Å². The predicted molar refractivity (Wildman–Crippen MR) is 128 cm³/mol. The summed E-state index contributed by atoms with van der Waals surface area (Å²) in [5, 5.41) is 8.57. The minimum absolute atomic E-state index is 0.213. The van der Waals surface area contributed by atoms with E-state index in [1.54, 1.807) is 44.3 Å². The van der Waals surface area contributed by atoms with Gasteiger partial charge in [-0.1, -0.05) is 23.2 Å². The number of carbonyl (C=O) groups excluding carboxylic acids is 1. The maximum Gasteiger partial charge on any atom is 0.255 e. The zero-order valence-electron chi connectivity index (χ0n) is 18.8. The first-order valence-electron chi connectivity index (χ1n) is 10.5. The molecule has 1 unspecified atom stereocenters. The molecule has 1 aliphatic carbocycles. The molecule has 0 spiro atoms. The zero-order valence-corrected chi connectivity index (χ0v) is 20.3. The third-order valence-electron chi connectivity index (χ3n) is 5.69. The highest BCUT2D eigenvalue weighted by Crippen LogP contribution is 2.43. The number of amides is 1. The van der Waals surface area contributed by atoms with E-state index in [1.165, 1.54) is 0 Å². The molecule has 1 heterocycles. The Bertz CT molecular complexity index is 1170. The van der Waals surface area contributed by atoms with Gasteiger partial charge in [-0.05, 0) is 55.7 Å². The molecule has 4 rings (SSSR count). The number of ether oxygens (including phenoxy) is 3. The summed E-state index contributed by atoms with van der Waals surface area (Å²) < 4.78 is 18.0. The van der Waals surface area contributed by atoms with E-state index in [1.807, 2.05) is 25.1 Å². The number of hydrogen-bond acceptors (Lipinski definition) is 5. The van der Waals surface area contributed by atoms with Crippen LogP contribution in [-0.4, -0.2) is 37.0 Å². The molecule has 9 heteroatoms. The van der Waals surface area contributed by atoms with E-state index in [2.05, 4.69) is 10.4 Å². The maximum atomic E-state index is 13.3. The van der Waals surface area contributed by atoms with Crippen LogP contribution in [0.25, 0.3) is 5.69 Å². The molecule has 7 nitrogen and oxygen atoms in total. The van der Waals surface area contributed by atoms with Gasteiger partial charge in [0.1, 0.15) is 0 Å². The van der Waals surface area contributed by atoms with Gasteiger partial charge in [0.05, 0.1) is 55.5 Å². The van der Waals surface area contributed by atoms with Gasteiger partial charge in [-0.2, -0.15) is 5.10 Å². The number of nitrogens with one attached hydrogen (secondary N) is 1. The highest BCUT2D eigenvalue weighted by atomic mass is 35.5. The minimum atomic E-state index is -0.319. The van der Waals surface area contributed by atoms with Crippen molar-refractivity contribution in [1.29, 1.82) is 0 Å². The first kappa shape index (κ1) is 23.3. The molecule has 0 radical (unpaired) electrons. The normalized spacial score (nSPS) is 14.0. The van der Waals surface area contributed by atoms with Gasteiger partial charge in [0, 0.05) is 10.9 Å². The molecule has 1 fully saturated rings. The third kappa shape index (κ3) is 4.61. The van der Waals surface area contributed by atoms with Crippen molar-refractivity contribution in [3.8, 4) is 22.9 Å². The van der Waals surface area contributed by atoms with Crippen LogP contribution in [0.3, 0.4) is 0 Å². The standard InChI is InChI=1S/C24H25Cl2N3O4/c1-13(15-9-20(31-2)23(33-4)21(10-15)32-3)28-24(30)17-12-27-29(22(17)14-5-6-14)19-8-7-16(25)11-18(19)26/h7-14H,5-6H2,1-4H3,(H,28,30). The van der Waals surface area contributed by atoms with Crippen molar-refractivity contribution >= 4 is 29.1 Å². The van der Waals surface area contributed by atoms with Gasteiger partial charge in [0.15, 0.2) is 11.5 Å². The third-order valence-corrected chi connectivity index (χ3v) is 6.23. The second-order valence-corrected chi connectivity index (χ2v) is 8.72. The van der Waals surface area contributed by atoms with Crippen LogP contribution in [0.2, 0.25) is 10.0 Å². The number of benzene rings is 2. The van der Waals surface area contributed by atoms with E-state index in [0.29, 0.717) is 38.5 Å². The Labute approximate surface area is 202 Å². The van der Waals surface area contributed by atoms with Gasteiger partial charge >= 0.3 is 0 Å². The number of hydrogen-bond donors (Lipinski definition) is 1. The van der Waals surface area contributed by atoms with Gasteiger partial charge < -0.3 is 19.5 Å². The van der Waals surface area contributed by atoms with Crippen molar-refractivity contribution in [3.63, 3.8) is 0 Å². The lowest BCUT2D eigenvalue weighted by atomic mass is 10.1. The van der Waals surface area contributed by atoms with Crippen LogP contribution in [0.15, 0.2) is 36.5 Å². The van der Waals surface area contributed by atoms with Crippen LogP contribution in [0, 0.1) is 0 Å². The van der Waals surface area contributed by atoms with Crippen molar-refractivity contribution in [2.75, 3.05) is 21.3 Å². The van der Waals surface area contributed by atoms with Gasteiger partial charge in [-0.3, -0.25) is 4.79 Å². The topological polar surface area (TPSA) is 74.6 Å². The van der Waals surface area contributed by atoms with Gasteiger partial charge in [0.25, 0.3) is 5.91 Å². The van der Waals surface area contributed by atoms with Gasteiger partial charge in [-0.25, -0.2) is 4.68 Å². The van der Waals surface area contributed by atoms with Gasteiger partial charge in [-0.15, -0.1) is 0 Å². The Morgan fingerprint density at radius 2 is 1.76 bits per heavy atom. The summed E-state index contributed by atoms with van der Waals surface area (Å²) in [6.45, 7) is 1.90. The lowest BCUT2D eigenvalue weighted by Gasteiger charge is -2.19. The number of methoxy groups -OCH3 is 3. The number of aromatic nitrogens is 2. The molecular weight excluding hydrogens is 465 g/mol. The average Bonchev–Trinajstić information content (AvgIpc) is 3.55. The summed E-state index contributed by atoms with van der Waals surface area (Å²) in [5.41, 5.74) is 2.90. The molecule has 1 aliphatic rings. The van der Waals surface area contributed by atoms with E-state index < -0.39 is 0 Å². The summed E-state index contributed by atoms with van der Waals surface area (Å²) in [6.07, 6.45) is 3.59. The summed E-state index contributed by atoms with van der Waals surface area (Å²) >= 11 is 12.5. The lowest BCUT2D eigenvalue weighted by Crippen LogP contribution is -2.27. The largest absolute Gasteiger partial charge is 0.493 e. The summed E-state index contributed by atoms with van der Waals surface area (Å²) in [7, 11) is 4.67. The van der Waals surface area contributed by atoms with E-state index in [9.17, 15) is 4.79 Å². The first-order chi connectivity index (χ1) is 15.9. The van der Waals surface area contributed by atoms with Crippen molar-refractivity contribution in [2.45, 2.75) is 31.7 Å². The Morgan fingerprint density at radius 1 is 1.09 bits per heavy atom. The number of rotatable bonds is 8. The molecule has 1 N–H and O–H groups in total. The number of halogens is 2. The molecule has 0 aliphatic heterocycles. The van der Waals surface area contributed by atoms with E-state index in [0.717, 1.165) is 24.1 Å². The van der Waals surface area contributed by atoms with Crippen molar-refractivity contribution < 1.29 is 19.0 Å². The van der Waals surface area contributed by atoms with Crippen LogP contribution >= 0.6 is 23.2 Å². The Hall–Kier alpha value is -2.90. The van der Waals surface area contributed by atoms with Crippen LogP contribution in [0.4, 0.5) is 0 Å². The Kier molecular flexibility index (Phi) is 6.72. The lowest BCUT2D eigenvalue weighted by molar-refractivity contribution is 0.0938. The molecule has 174 valence electrons. The Morgan fingerprint density at radius 3 is 2.30 bits per heavy atom. The molecule has 1 atom stereocenters.